The highest BCUT2D eigenvalue weighted by Gasteiger charge is 2.20. The van der Waals surface area contributed by atoms with Gasteiger partial charge in [-0.2, -0.15) is 5.10 Å². The number of hydrogen-bond donors (Lipinski definition) is 0. The van der Waals surface area contributed by atoms with E-state index in [4.69, 9.17) is 16.3 Å². The van der Waals surface area contributed by atoms with Crippen molar-refractivity contribution in [1.82, 2.24) is 19.2 Å². The smallest absolute Gasteiger partial charge is 0.266 e. The third-order valence-corrected chi connectivity index (χ3v) is 5.80. The molecule has 8 heteroatoms. The maximum absolute atomic E-state index is 13.6. The van der Waals surface area contributed by atoms with Crippen molar-refractivity contribution in [3.63, 3.8) is 0 Å². The minimum atomic E-state index is -0.264. The van der Waals surface area contributed by atoms with E-state index in [1.165, 1.54) is 16.8 Å². The van der Waals surface area contributed by atoms with Crippen molar-refractivity contribution in [2.24, 2.45) is 7.05 Å². The van der Waals surface area contributed by atoms with Gasteiger partial charge in [0.15, 0.2) is 0 Å². The van der Waals surface area contributed by atoms with E-state index < -0.39 is 0 Å². The maximum Gasteiger partial charge on any atom is 0.266 e. The highest BCUT2D eigenvalue weighted by molar-refractivity contribution is 6.32. The molecule has 2 aromatic heterocycles. The quantitative estimate of drug-likeness (QED) is 0.486. The number of rotatable bonds is 3. The first-order chi connectivity index (χ1) is 15.0. The first-order valence-electron chi connectivity index (χ1n) is 9.95. The number of benzene rings is 2. The van der Waals surface area contributed by atoms with Crippen LogP contribution >= 0.6 is 11.6 Å². The summed E-state index contributed by atoms with van der Waals surface area (Å²) in [6.45, 7) is 2.39. The van der Waals surface area contributed by atoms with Crippen LogP contribution < -0.4 is 10.3 Å². The van der Waals surface area contributed by atoms with Gasteiger partial charge in [-0.3, -0.25) is 9.69 Å². The van der Waals surface area contributed by atoms with Crippen LogP contribution in [0.1, 0.15) is 11.1 Å². The summed E-state index contributed by atoms with van der Waals surface area (Å²) in [4.78, 5) is 14.1. The maximum atomic E-state index is 13.6. The highest BCUT2D eigenvalue weighted by atomic mass is 35.5. The van der Waals surface area contributed by atoms with Crippen molar-refractivity contribution in [2.75, 3.05) is 13.2 Å². The van der Waals surface area contributed by atoms with Crippen LogP contribution in [0, 0.1) is 5.82 Å². The van der Waals surface area contributed by atoms with Gasteiger partial charge < -0.3 is 9.30 Å². The average molecular weight is 439 g/mol. The fraction of sp³-hybridized carbons (Fsp3) is 0.217. The molecule has 0 N–H and O–H groups in total. The lowest BCUT2D eigenvalue weighted by atomic mass is 10.1. The fourth-order valence-corrected chi connectivity index (χ4v) is 4.26. The summed E-state index contributed by atoms with van der Waals surface area (Å²) in [7, 11) is 1.63. The Morgan fingerprint density at radius 3 is 2.90 bits per heavy atom. The third kappa shape index (κ3) is 3.82. The molecule has 4 aromatic rings. The Morgan fingerprint density at radius 2 is 2.06 bits per heavy atom. The molecular formula is C23H20ClFN4O2. The summed E-state index contributed by atoms with van der Waals surface area (Å²) < 4.78 is 22.8. The molecule has 3 heterocycles. The van der Waals surface area contributed by atoms with Crippen molar-refractivity contribution < 1.29 is 9.13 Å². The van der Waals surface area contributed by atoms with Gasteiger partial charge in [-0.05, 0) is 42.0 Å². The molecule has 0 saturated carbocycles. The van der Waals surface area contributed by atoms with E-state index in [0.717, 1.165) is 27.7 Å². The van der Waals surface area contributed by atoms with E-state index in [-0.39, 0.29) is 11.4 Å². The Hall–Kier alpha value is -3.16. The molecule has 0 saturated heterocycles. The zero-order valence-electron chi connectivity index (χ0n) is 16.9. The predicted octanol–water partition coefficient (Wildman–Crippen LogP) is 3.91. The molecule has 1 aliphatic rings. The molecule has 158 valence electrons. The normalized spacial score (nSPS) is 14.3. The molecule has 0 atom stereocenters. The van der Waals surface area contributed by atoms with Crippen LogP contribution in [0.3, 0.4) is 0 Å². The van der Waals surface area contributed by atoms with E-state index in [0.29, 0.717) is 37.0 Å². The number of aromatic nitrogens is 3. The van der Waals surface area contributed by atoms with E-state index in [1.54, 1.807) is 25.4 Å². The summed E-state index contributed by atoms with van der Waals surface area (Å²) in [5.41, 5.74) is 3.46. The van der Waals surface area contributed by atoms with Gasteiger partial charge in [0.25, 0.3) is 5.56 Å². The van der Waals surface area contributed by atoms with Gasteiger partial charge in [-0.25, -0.2) is 9.07 Å². The van der Waals surface area contributed by atoms with Gasteiger partial charge in [0.05, 0.1) is 16.7 Å². The second kappa shape index (κ2) is 7.83. The Kier molecular flexibility index (Phi) is 5.00. The molecule has 1 aliphatic heterocycles. The number of fused-ring (bicyclic) bond motifs is 2. The first-order valence-corrected chi connectivity index (χ1v) is 10.3. The highest BCUT2D eigenvalue weighted by Crippen LogP contribution is 2.35. The predicted molar refractivity (Wildman–Crippen MR) is 117 cm³/mol. The van der Waals surface area contributed by atoms with Gasteiger partial charge in [0.2, 0.25) is 0 Å². The molecule has 0 fully saturated rings. The molecular weight excluding hydrogens is 419 g/mol. The summed E-state index contributed by atoms with van der Waals surface area (Å²) >= 11 is 6.59. The second-order valence-electron chi connectivity index (χ2n) is 7.69. The van der Waals surface area contributed by atoms with E-state index in [9.17, 15) is 9.18 Å². The number of hydrogen-bond acceptors (Lipinski definition) is 4. The average Bonchev–Trinajstić information content (AvgIpc) is 3.04. The zero-order chi connectivity index (χ0) is 21.5. The Labute approximate surface area is 183 Å². The lowest BCUT2D eigenvalue weighted by molar-refractivity contribution is 0.219. The van der Waals surface area contributed by atoms with Crippen LogP contribution in [0.2, 0.25) is 5.02 Å². The molecule has 0 unspecified atom stereocenters. The van der Waals surface area contributed by atoms with Crippen LogP contribution in [-0.4, -0.2) is 32.4 Å². The standard InChI is InChI=1S/C23H20ClFN4O2/c1-27-22(30)8-15(12-26-27)13-28-6-7-31-23-17(14-28)10-19(11-20(23)24)29-5-4-16-9-18(25)2-3-21(16)29/h2-5,8-12H,6-7,13-14H2,1H3. The molecule has 0 spiro atoms. The van der Waals surface area contributed by atoms with E-state index >= 15 is 0 Å². The van der Waals surface area contributed by atoms with Crippen molar-refractivity contribution in [2.45, 2.75) is 13.1 Å². The molecule has 0 aliphatic carbocycles. The van der Waals surface area contributed by atoms with Gasteiger partial charge in [0, 0.05) is 55.6 Å². The summed E-state index contributed by atoms with van der Waals surface area (Å²) in [6.07, 6.45) is 3.62. The first kappa shape index (κ1) is 19.8. The number of ether oxygens (including phenoxy) is 1. The SMILES string of the molecule is Cn1ncc(CN2CCOc3c(Cl)cc(-n4ccc5cc(F)ccc54)cc3C2)cc1=O. The zero-order valence-corrected chi connectivity index (χ0v) is 17.6. The van der Waals surface area contributed by atoms with E-state index in [1.807, 2.05) is 29.0 Å². The molecule has 0 radical (unpaired) electrons. The summed E-state index contributed by atoms with van der Waals surface area (Å²) in [5, 5.41) is 5.46. The lowest BCUT2D eigenvalue weighted by Crippen LogP contribution is -2.27. The monoisotopic (exact) mass is 438 g/mol. The lowest BCUT2D eigenvalue weighted by Gasteiger charge is -2.19. The number of aryl methyl sites for hydroxylation is 1. The Bertz CT molecular complexity index is 1350. The van der Waals surface area contributed by atoms with Crippen molar-refractivity contribution in [3.8, 4) is 11.4 Å². The molecule has 0 amide bonds. The number of halogens is 2. The van der Waals surface area contributed by atoms with Crippen LogP contribution in [0.5, 0.6) is 5.75 Å². The minimum absolute atomic E-state index is 0.134. The largest absolute Gasteiger partial charge is 0.490 e. The molecule has 5 rings (SSSR count). The van der Waals surface area contributed by atoms with Gasteiger partial charge >= 0.3 is 0 Å². The topological polar surface area (TPSA) is 52.3 Å². The molecule has 31 heavy (non-hydrogen) atoms. The van der Waals surface area contributed by atoms with E-state index in [2.05, 4.69) is 10.00 Å². The minimum Gasteiger partial charge on any atom is -0.490 e. The van der Waals surface area contributed by atoms with Crippen LogP contribution in [0.4, 0.5) is 4.39 Å². The number of nitrogens with zero attached hydrogens (tertiary/aromatic N) is 4. The van der Waals surface area contributed by atoms with Crippen LogP contribution in [0.25, 0.3) is 16.6 Å². The van der Waals surface area contributed by atoms with Gasteiger partial charge in [0.1, 0.15) is 18.2 Å². The van der Waals surface area contributed by atoms with Crippen LogP contribution in [0.15, 0.2) is 59.7 Å². The van der Waals surface area contributed by atoms with Gasteiger partial charge in [-0.1, -0.05) is 11.6 Å². The summed E-state index contributed by atoms with van der Waals surface area (Å²) in [5.74, 6) is 0.414. The fourth-order valence-electron chi connectivity index (χ4n) is 3.97. The van der Waals surface area contributed by atoms with Gasteiger partial charge in [-0.15, -0.1) is 0 Å². The van der Waals surface area contributed by atoms with Crippen molar-refractivity contribution in [3.05, 3.63) is 87.2 Å². The second-order valence-corrected chi connectivity index (χ2v) is 8.10. The Balaban J connectivity index is 1.49. The molecule has 0 bridgehead atoms. The third-order valence-electron chi connectivity index (χ3n) is 5.51. The van der Waals surface area contributed by atoms with Crippen molar-refractivity contribution >= 4 is 22.5 Å². The summed E-state index contributed by atoms with van der Waals surface area (Å²) in [6, 6.07) is 12.1. The van der Waals surface area contributed by atoms with Crippen LogP contribution in [-0.2, 0) is 20.1 Å². The molecule has 6 nitrogen and oxygen atoms in total. The molecule has 2 aromatic carbocycles. The Morgan fingerprint density at radius 1 is 1.19 bits per heavy atom. The van der Waals surface area contributed by atoms with Crippen molar-refractivity contribution in [1.29, 1.82) is 0 Å².